The first-order chi connectivity index (χ1) is 16.1. The van der Waals surface area contributed by atoms with Crippen LogP contribution in [0.25, 0.3) is 11.4 Å². The molecule has 8 nitrogen and oxygen atoms in total. The minimum Gasteiger partial charge on any atom is -0.372 e. The average Bonchev–Trinajstić information content (AvgIpc) is 3.50. The van der Waals surface area contributed by atoms with E-state index in [1.807, 2.05) is 36.1 Å². The van der Waals surface area contributed by atoms with Gasteiger partial charge in [0.2, 0.25) is 5.91 Å². The molecule has 0 unspecified atom stereocenters. The Morgan fingerprint density at radius 1 is 1.03 bits per heavy atom. The van der Waals surface area contributed by atoms with Gasteiger partial charge in [-0.1, -0.05) is 24.3 Å². The number of carbonyl (C=O) groups is 1. The normalized spacial score (nSPS) is 16.2. The molecule has 1 fully saturated rings. The predicted molar refractivity (Wildman–Crippen MR) is 124 cm³/mol. The molecule has 4 heterocycles. The van der Waals surface area contributed by atoms with Gasteiger partial charge in [-0.2, -0.15) is 4.68 Å². The number of hydrogen-bond acceptors (Lipinski definition) is 5. The number of nitrogens with zero attached hydrogens (tertiary/aromatic N) is 6. The third-order valence-electron chi connectivity index (χ3n) is 6.91. The summed E-state index contributed by atoms with van der Waals surface area (Å²) in [4.78, 5) is 15.1. The second kappa shape index (κ2) is 7.58. The van der Waals surface area contributed by atoms with Crippen LogP contribution in [0.4, 0.5) is 5.69 Å². The summed E-state index contributed by atoms with van der Waals surface area (Å²) < 4.78 is 3.97. The smallest absolute Gasteiger partial charge is 0.226 e. The van der Waals surface area contributed by atoms with Crippen LogP contribution in [-0.2, 0) is 16.8 Å². The summed E-state index contributed by atoms with van der Waals surface area (Å²) in [7, 11) is 0. The van der Waals surface area contributed by atoms with Crippen molar-refractivity contribution in [2.75, 3.05) is 18.4 Å². The highest BCUT2D eigenvalue weighted by Gasteiger charge is 2.42. The number of anilines is 1. The number of carbonyl (C=O) groups excluding carboxylic acids is 1. The molecule has 0 saturated carbocycles. The van der Waals surface area contributed by atoms with Crippen LogP contribution in [-0.4, -0.2) is 48.7 Å². The number of benzene rings is 2. The van der Waals surface area contributed by atoms with Gasteiger partial charge in [-0.3, -0.25) is 4.79 Å². The van der Waals surface area contributed by atoms with Crippen LogP contribution in [0.5, 0.6) is 0 Å². The molecule has 8 heteroatoms. The van der Waals surface area contributed by atoms with Gasteiger partial charge in [0.25, 0.3) is 0 Å². The van der Waals surface area contributed by atoms with E-state index in [1.165, 1.54) is 11.4 Å². The molecule has 4 aromatic rings. The fourth-order valence-electron chi connectivity index (χ4n) is 5.12. The molecular formula is C25H25N7O. The second-order valence-electron chi connectivity index (χ2n) is 8.85. The lowest BCUT2D eigenvalue weighted by molar-refractivity contribution is -0.132. The van der Waals surface area contributed by atoms with E-state index in [9.17, 15) is 4.79 Å². The van der Waals surface area contributed by atoms with Gasteiger partial charge >= 0.3 is 0 Å². The summed E-state index contributed by atoms with van der Waals surface area (Å²) in [5.74, 6) is 0.897. The van der Waals surface area contributed by atoms with Crippen LogP contribution >= 0.6 is 0 Å². The number of aryl methyl sites for hydroxylation is 1. The molecule has 2 aliphatic rings. The summed E-state index contributed by atoms with van der Waals surface area (Å²) in [6.07, 6.45) is 4.30. The van der Waals surface area contributed by atoms with Crippen molar-refractivity contribution in [1.29, 1.82) is 0 Å². The number of tetrazole rings is 1. The third kappa shape index (κ3) is 3.29. The summed E-state index contributed by atoms with van der Waals surface area (Å²) in [6, 6.07) is 20.6. The molecule has 2 aliphatic heterocycles. The van der Waals surface area contributed by atoms with E-state index in [2.05, 4.69) is 68.0 Å². The van der Waals surface area contributed by atoms with E-state index >= 15 is 0 Å². The van der Waals surface area contributed by atoms with Gasteiger partial charge in [0.05, 0.1) is 29.0 Å². The van der Waals surface area contributed by atoms with Crippen molar-refractivity contribution in [3.05, 3.63) is 83.9 Å². The molecule has 0 bridgehead atoms. The molecule has 2 aromatic heterocycles. The van der Waals surface area contributed by atoms with Gasteiger partial charge in [-0.15, -0.1) is 5.10 Å². The number of aromatic nitrogens is 5. The standard InChI is InChI=1S/C25H25N7O/c1-18-27-28-29-32(18)20-10-8-19(9-11-20)17-24(33)30-15-12-25(13-16-30)23-7-4-14-31(23)22-6-3-2-5-21(22)26-25/h2-11,14,26H,12-13,15-17H2,1H3. The van der Waals surface area contributed by atoms with E-state index in [0.29, 0.717) is 6.42 Å². The molecule has 1 spiro atoms. The van der Waals surface area contributed by atoms with Crippen LogP contribution < -0.4 is 5.32 Å². The Kier molecular flexibility index (Phi) is 4.53. The zero-order valence-corrected chi connectivity index (χ0v) is 18.5. The maximum absolute atomic E-state index is 13.1. The van der Waals surface area contributed by atoms with E-state index in [4.69, 9.17) is 0 Å². The SMILES string of the molecule is Cc1nnnn1-c1ccc(CC(=O)N2CCC3(CC2)Nc2ccccc2-n2cccc23)cc1. The molecule has 1 N–H and O–H groups in total. The summed E-state index contributed by atoms with van der Waals surface area (Å²) in [5, 5.41) is 15.4. The van der Waals surface area contributed by atoms with E-state index in [0.717, 1.165) is 48.7 Å². The molecule has 0 aliphatic carbocycles. The Hall–Kier alpha value is -3.94. The largest absolute Gasteiger partial charge is 0.372 e. The first-order valence-electron chi connectivity index (χ1n) is 11.3. The fraction of sp³-hybridized carbons (Fsp3) is 0.280. The van der Waals surface area contributed by atoms with Crippen molar-refractivity contribution in [3.63, 3.8) is 0 Å². The van der Waals surface area contributed by atoms with Crippen LogP contribution in [0.3, 0.4) is 0 Å². The Bertz CT molecular complexity index is 1310. The molecule has 1 saturated heterocycles. The third-order valence-corrected chi connectivity index (χ3v) is 6.91. The number of para-hydroxylation sites is 2. The van der Waals surface area contributed by atoms with Crippen LogP contribution in [0.15, 0.2) is 66.9 Å². The maximum Gasteiger partial charge on any atom is 0.226 e. The summed E-state index contributed by atoms with van der Waals surface area (Å²) >= 11 is 0. The molecule has 33 heavy (non-hydrogen) atoms. The van der Waals surface area contributed by atoms with E-state index in [-0.39, 0.29) is 11.4 Å². The van der Waals surface area contributed by atoms with Gasteiger partial charge in [0.15, 0.2) is 5.82 Å². The molecule has 0 atom stereocenters. The molecule has 2 aromatic carbocycles. The van der Waals surface area contributed by atoms with E-state index in [1.54, 1.807) is 4.68 Å². The van der Waals surface area contributed by atoms with Crippen molar-refractivity contribution in [2.24, 2.45) is 0 Å². The highest BCUT2D eigenvalue weighted by molar-refractivity contribution is 5.79. The maximum atomic E-state index is 13.1. The first kappa shape index (κ1) is 19.7. The average molecular weight is 440 g/mol. The minimum absolute atomic E-state index is 0.139. The number of piperidine rings is 1. The predicted octanol–water partition coefficient (Wildman–Crippen LogP) is 3.25. The molecule has 0 radical (unpaired) electrons. The van der Waals surface area contributed by atoms with Crippen molar-refractivity contribution >= 4 is 11.6 Å². The zero-order chi connectivity index (χ0) is 22.4. The Morgan fingerprint density at radius 3 is 2.58 bits per heavy atom. The highest BCUT2D eigenvalue weighted by atomic mass is 16.2. The van der Waals surface area contributed by atoms with Crippen LogP contribution in [0.1, 0.15) is 29.9 Å². The van der Waals surface area contributed by atoms with Gasteiger partial charge in [0.1, 0.15) is 0 Å². The van der Waals surface area contributed by atoms with Gasteiger partial charge in [-0.25, -0.2) is 0 Å². The van der Waals surface area contributed by atoms with Crippen molar-refractivity contribution in [2.45, 2.75) is 31.7 Å². The molecule has 1 amide bonds. The van der Waals surface area contributed by atoms with Gasteiger partial charge in [0, 0.05) is 25.0 Å². The van der Waals surface area contributed by atoms with Crippen LogP contribution in [0.2, 0.25) is 0 Å². The summed E-state index contributed by atoms with van der Waals surface area (Å²) in [5.41, 5.74) is 5.36. The first-order valence-corrected chi connectivity index (χ1v) is 11.3. The Morgan fingerprint density at radius 2 is 1.82 bits per heavy atom. The van der Waals surface area contributed by atoms with Gasteiger partial charge < -0.3 is 14.8 Å². The number of fused-ring (bicyclic) bond motifs is 4. The number of rotatable bonds is 3. The van der Waals surface area contributed by atoms with Crippen molar-refractivity contribution in [1.82, 2.24) is 29.7 Å². The van der Waals surface area contributed by atoms with Crippen LogP contribution in [0, 0.1) is 6.92 Å². The minimum atomic E-state index is -0.139. The lowest BCUT2D eigenvalue weighted by Gasteiger charge is -2.46. The highest BCUT2D eigenvalue weighted by Crippen LogP contribution is 2.43. The van der Waals surface area contributed by atoms with Crippen molar-refractivity contribution < 1.29 is 4.79 Å². The monoisotopic (exact) mass is 439 g/mol. The second-order valence-corrected chi connectivity index (χ2v) is 8.85. The lowest BCUT2D eigenvalue weighted by atomic mass is 9.82. The number of amides is 1. The van der Waals surface area contributed by atoms with E-state index < -0.39 is 0 Å². The summed E-state index contributed by atoms with van der Waals surface area (Å²) in [6.45, 7) is 3.33. The zero-order valence-electron chi connectivity index (χ0n) is 18.5. The number of nitrogens with one attached hydrogen (secondary N) is 1. The fourth-order valence-corrected chi connectivity index (χ4v) is 5.12. The number of hydrogen-bond donors (Lipinski definition) is 1. The topological polar surface area (TPSA) is 80.9 Å². The molecule has 6 rings (SSSR count). The molecule has 166 valence electrons. The lowest BCUT2D eigenvalue weighted by Crippen LogP contribution is -2.51. The Labute approximate surface area is 191 Å². The number of likely N-dealkylation sites (tertiary alicyclic amines) is 1. The molecular weight excluding hydrogens is 414 g/mol. The quantitative estimate of drug-likeness (QED) is 0.530. The Balaban J connectivity index is 1.14. The van der Waals surface area contributed by atoms with Gasteiger partial charge in [-0.05, 0) is 72.2 Å². The van der Waals surface area contributed by atoms with Crippen molar-refractivity contribution in [3.8, 4) is 11.4 Å².